The first-order valence-corrected chi connectivity index (χ1v) is 5.49. The van der Waals surface area contributed by atoms with E-state index in [-0.39, 0.29) is 0 Å². The highest BCUT2D eigenvalue weighted by Gasteiger charge is 2.11. The summed E-state index contributed by atoms with van der Waals surface area (Å²) in [7, 11) is 1.80. The van der Waals surface area contributed by atoms with Gasteiger partial charge < -0.3 is 0 Å². The van der Waals surface area contributed by atoms with Crippen LogP contribution in [0.1, 0.15) is 6.92 Å². The van der Waals surface area contributed by atoms with Crippen molar-refractivity contribution in [1.29, 1.82) is 0 Å². The Morgan fingerprint density at radius 1 is 1.35 bits per heavy atom. The molecule has 0 aliphatic carbocycles. The molecule has 0 amide bonds. The molecule has 2 aromatic heterocycles. The van der Waals surface area contributed by atoms with Crippen molar-refractivity contribution in [3.05, 3.63) is 36.7 Å². The Morgan fingerprint density at radius 3 is 2.82 bits per heavy atom. The third kappa shape index (κ3) is 2.61. The first-order valence-electron chi connectivity index (χ1n) is 5.49. The SMILES string of the molecule is CC(F)CN(C)n1nccc1-c1ccccn1. The maximum absolute atomic E-state index is 13.0. The Labute approximate surface area is 99.7 Å². The van der Waals surface area contributed by atoms with Crippen molar-refractivity contribution in [2.24, 2.45) is 0 Å². The lowest BCUT2D eigenvalue weighted by atomic mass is 10.3. The van der Waals surface area contributed by atoms with Crippen LogP contribution >= 0.6 is 0 Å². The predicted octanol–water partition coefficient (Wildman–Crippen LogP) is 1.87. The minimum atomic E-state index is -0.902. The van der Waals surface area contributed by atoms with E-state index >= 15 is 0 Å². The van der Waals surface area contributed by atoms with Crippen LogP contribution in [0.2, 0.25) is 0 Å². The topological polar surface area (TPSA) is 34.0 Å². The standard InChI is InChI=1S/C12H15FN4/c1-10(13)9-16(2)17-12(6-8-15-17)11-5-3-4-7-14-11/h3-8,10H,9H2,1-2H3. The second kappa shape index (κ2) is 4.95. The minimum absolute atomic E-state index is 0.293. The Balaban J connectivity index is 2.29. The van der Waals surface area contributed by atoms with Gasteiger partial charge in [-0.2, -0.15) is 9.89 Å². The first kappa shape index (κ1) is 11.6. The zero-order valence-electron chi connectivity index (χ0n) is 9.92. The van der Waals surface area contributed by atoms with E-state index in [1.807, 2.05) is 24.3 Å². The zero-order valence-corrected chi connectivity index (χ0v) is 9.92. The number of nitrogens with zero attached hydrogens (tertiary/aromatic N) is 4. The summed E-state index contributed by atoms with van der Waals surface area (Å²) in [6.45, 7) is 1.82. The summed E-state index contributed by atoms with van der Waals surface area (Å²) in [5.74, 6) is 0. The Kier molecular flexibility index (Phi) is 3.37. The molecule has 0 spiro atoms. The molecule has 90 valence electrons. The van der Waals surface area contributed by atoms with Crippen molar-refractivity contribution in [2.75, 3.05) is 18.6 Å². The molecule has 0 fully saturated rings. The number of rotatable bonds is 4. The second-order valence-electron chi connectivity index (χ2n) is 3.94. The van der Waals surface area contributed by atoms with Crippen molar-refractivity contribution >= 4 is 0 Å². The summed E-state index contributed by atoms with van der Waals surface area (Å²) in [4.78, 5) is 5.93. The molecular formula is C12H15FN4. The molecule has 0 N–H and O–H groups in total. The van der Waals surface area contributed by atoms with Gasteiger partial charge in [0.25, 0.3) is 0 Å². The van der Waals surface area contributed by atoms with Gasteiger partial charge in [-0.1, -0.05) is 6.07 Å². The number of halogens is 1. The van der Waals surface area contributed by atoms with E-state index in [1.165, 1.54) is 6.92 Å². The van der Waals surface area contributed by atoms with E-state index < -0.39 is 6.17 Å². The monoisotopic (exact) mass is 234 g/mol. The Bertz CT molecular complexity index is 466. The van der Waals surface area contributed by atoms with Crippen molar-refractivity contribution < 1.29 is 4.39 Å². The fourth-order valence-electron chi connectivity index (χ4n) is 1.71. The van der Waals surface area contributed by atoms with E-state index in [0.717, 1.165) is 11.4 Å². The lowest BCUT2D eigenvalue weighted by molar-refractivity contribution is 0.344. The molecule has 1 unspecified atom stereocenters. The molecule has 0 aromatic carbocycles. The van der Waals surface area contributed by atoms with Gasteiger partial charge in [0, 0.05) is 13.2 Å². The van der Waals surface area contributed by atoms with Crippen LogP contribution in [0.3, 0.4) is 0 Å². The Morgan fingerprint density at radius 2 is 2.18 bits per heavy atom. The molecule has 4 nitrogen and oxygen atoms in total. The van der Waals surface area contributed by atoms with Crippen LogP contribution in [0.25, 0.3) is 11.4 Å². The van der Waals surface area contributed by atoms with Crippen molar-refractivity contribution in [1.82, 2.24) is 14.9 Å². The molecule has 0 aliphatic rings. The van der Waals surface area contributed by atoms with Gasteiger partial charge in [0.05, 0.1) is 18.4 Å². The van der Waals surface area contributed by atoms with Gasteiger partial charge in [-0.25, -0.2) is 4.39 Å². The molecule has 5 heteroatoms. The van der Waals surface area contributed by atoms with Crippen molar-refractivity contribution in [3.63, 3.8) is 0 Å². The normalized spacial score (nSPS) is 12.4. The van der Waals surface area contributed by atoms with Crippen LogP contribution in [-0.2, 0) is 0 Å². The minimum Gasteiger partial charge on any atom is -0.296 e. The van der Waals surface area contributed by atoms with Gasteiger partial charge in [0.2, 0.25) is 0 Å². The van der Waals surface area contributed by atoms with E-state index in [2.05, 4.69) is 10.1 Å². The molecule has 0 saturated carbocycles. The van der Waals surface area contributed by atoms with Crippen LogP contribution in [0, 0.1) is 0 Å². The molecule has 2 heterocycles. The average molecular weight is 234 g/mol. The van der Waals surface area contributed by atoms with E-state index in [0.29, 0.717) is 6.54 Å². The quantitative estimate of drug-likeness (QED) is 0.810. The van der Waals surface area contributed by atoms with Gasteiger partial charge in [0.1, 0.15) is 11.9 Å². The fraction of sp³-hybridized carbons (Fsp3) is 0.333. The lowest BCUT2D eigenvalue weighted by Gasteiger charge is -2.21. The summed E-state index contributed by atoms with van der Waals surface area (Å²) >= 11 is 0. The van der Waals surface area contributed by atoms with Crippen molar-refractivity contribution in [2.45, 2.75) is 13.1 Å². The highest BCUT2D eigenvalue weighted by atomic mass is 19.1. The van der Waals surface area contributed by atoms with E-state index in [4.69, 9.17) is 0 Å². The van der Waals surface area contributed by atoms with E-state index in [1.54, 1.807) is 29.2 Å². The lowest BCUT2D eigenvalue weighted by Crippen LogP contribution is -2.36. The maximum atomic E-state index is 13.0. The second-order valence-corrected chi connectivity index (χ2v) is 3.94. The van der Waals surface area contributed by atoms with E-state index in [9.17, 15) is 4.39 Å². The molecule has 0 aliphatic heterocycles. The van der Waals surface area contributed by atoms with Crippen molar-refractivity contribution in [3.8, 4) is 11.4 Å². The number of hydrogen-bond acceptors (Lipinski definition) is 3. The van der Waals surface area contributed by atoms with Crippen LogP contribution in [0.5, 0.6) is 0 Å². The summed E-state index contributed by atoms with van der Waals surface area (Å²) in [5.41, 5.74) is 1.68. The zero-order chi connectivity index (χ0) is 12.3. The summed E-state index contributed by atoms with van der Waals surface area (Å²) in [6.07, 6.45) is 2.51. The smallest absolute Gasteiger partial charge is 0.116 e. The van der Waals surface area contributed by atoms with Gasteiger partial charge in [0.15, 0.2) is 0 Å². The average Bonchev–Trinajstić information content (AvgIpc) is 2.78. The van der Waals surface area contributed by atoms with Gasteiger partial charge >= 0.3 is 0 Å². The largest absolute Gasteiger partial charge is 0.296 e. The number of hydrogen-bond donors (Lipinski definition) is 0. The number of alkyl halides is 1. The van der Waals surface area contributed by atoms with Gasteiger partial charge in [-0.3, -0.25) is 9.99 Å². The molecule has 0 saturated heterocycles. The predicted molar refractivity (Wildman–Crippen MR) is 65.0 cm³/mol. The number of pyridine rings is 1. The summed E-state index contributed by atoms with van der Waals surface area (Å²) in [6, 6.07) is 7.54. The van der Waals surface area contributed by atoms with Gasteiger partial charge in [-0.05, 0) is 25.1 Å². The van der Waals surface area contributed by atoms with Crippen LogP contribution in [0.15, 0.2) is 36.7 Å². The number of aromatic nitrogens is 3. The fourth-order valence-corrected chi connectivity index (χ4v) is 1.71. The third-order valence-corrected chi connectivity index (χ3v) is 2.39. The Hall–Kier alpha value is -1.91. The summed E-state index contributed by atoms with van der Waals surface area (Å²) in [5, 5.41) is 5.91. The molecule has 0 radical (unpaired) electrons. The molecule has 2 rings (SSSR count). The maximum Gasteiger partial charge on any atom is 0.116 e. The molecular weight excluding hydrogens is 219 g/mol. The third-order valence-electron chi connectivity index (χ3n) is 2.39. The molecule has 17 heavy (non-hydrogen) atoms. The molecule has 0 bridgehead atoms. The van der Waals surface area contributed by atoms with Crippen LogP contribution in [-0.4, -0.2) is 34.6 Å². The molecule has 1 atom stereocenters. The highest BCUT2D eigenvalue weighted by molar-refractivity contribution is 5.53. The molecule has 2 aromatic rings. The first-order chi connectivity index (χ1) is 8.18. The van der Waals surface area contributed by atoms with Crippen LogP contribution < -0.4 is 5.01 Å². The highest BCUT2D eigenvalue weighted by Crippen LogP contribution is 2.15. The van der Waals surface area contributed by atoms with Crippen LogP contribution in [0.4, 0.5) is 4.39 Å². The van der Waals surface area contributed by atoms with Gasteiger partial charge in [-0.15, -0.1) is 0 Å². The summed E-state index contributed by atoms with van der Waals surface area (Å²) < 4.78 is 13.0.